The van der Waals surface area contributed by atoms with Gasteiger partial charge in [-0.3, -0.25) is 4.79 Å². The first kappa shape index (κ1) is 15.0. The lowest BCUT2D eigenvalue weighted by Gasteiger charge is -2.04. The van der Waals surface area contributed by atoms with Gasteiger partial charge in [0.25, 0.3) is 5.71 Å². The van der Waals surface area contributed by atoms with Gasteiger partial charge in [-0.2, -0.15) is 4.98 Å². The lowest BCUT2D eigenvalue weighted by atomic mass is 10.1. The molecule has 6 nitrogen and oxygen atoms in total. The van der Waals surface area contributed by atoms with Crippen LogP contribution >= 0.6 is 0 Å². The maximum absolute atomic E-state index is 11.0. The smallest absolute Gasteiger partial charge is 0.396 e. The Labute approximate surface area is 133 Å². The van der Waals surface area contributed by atoms with Crippen molar-refractivity contribution in [3.05, 3.63) is 35.9 Å². The summed E-state index contributed by atoms with van der Waals surface area (Å²) in [6, 6.07) is 9.77. The van der Waals surface area contributed by atoms with Crippen molar-refractivity contribution in [2.24, 2.45) is 0 Å². The molecule has 3 aromatic rings. The highest BCUT2D eigenvalue weighted by molar-refractivity contribution is 5.81. The quantitative estimate of drug-likeness (QED) is 0.720. The van der Waals surface area contributed by atoms with Gasteiger partial charge in [-0.15, -0.1) is 0 Å². The van der Waals surface area contributed by atoms with Crippen molar-refractivity contribution in [3.63, 3.8) is 0 Å². The van der Waals surface area contributed by atoms with Crippen LogP contribution in [-0.4, -0.2) is 29.5 Å². The number of Topliss-reactive ketones (excluding diaryl/α,β-unsaturated/α-hetero) is 1. The molecule has 2 aromatic heterocycles. The molecule has 118 valence electrons. The average Bonchev–Trinajstić information content (AvgIpc) is 2.95. The van der Waals surface area contributed by atoms with Crippen molar-refractivity contribution in [2.75, 3.05) is 13.7 Å². The number of benzene rings is 1. The molecule has 0 aliphatic rings. The normalized spacial score (nSPS) is 10.7. The highest BCUT2D eigenvalue weighted by Crippen LogP contribution is 2.31. The third kappa shape index (κ3) is 3.15. The second kappa shape index (κ2) is 6.08. The van der Waals surface area contributed by atoms with Gasteiger partial charge in [0, 0.05) is 11.6 Å². The van der Waals surface area contributed by atoms with E-state index in [2.05, 4.69) is 9.97 Å². The van der Waals surface area contributed by atoms with Crippen LogP contribution < -0.4 is 9.47 Å². The Bertz CT molecular complexity index is 853. The van der Waals surface area contributed by atoms with Gasteiger partial charge in [-0.1, -0.05) is 29.8 Å². The lowest BCUT2D eigenvalue weighted by Crippen LogP contribution is -2.06. The van der Waals surface area contributed by atoms with Gasteiger partial charge in [0.1, 0.15) is 0 Å². The number of aryl methyl sites for hydroxylation is 1. The van der Waals surface area contributed by atoms with E-state index in [0.717, 1.165) is 5.56 Å². The molecule has 0 spiro atoms. The Morgan fingerprint density at radius 3 is 2.61 bits per heavy atom. The Morgan fingerprint density at radius 1 is 1.22 bits per heavy atom. The van der Waals surface area contributed by atoms with Crippen LogP contribution in [0.3, 0.4) is 0 Å². The van der Waals surface area contributed by atoms with Crippen molar-refractivity contribution in [2.45, 2.75) is 13.8 Å². The van der Waals surface area contributed by atoms with E-state index in [0.29, 0.717) is 22.7 Å². The molecule has 0 saturated carbocycles. The summed E-state index contributed by atoms with van der Waals surface area (Å²) in [6.45, 7) is 3.35. The Morgan fingerprint density at radius 2 is 1.96 bits per heavy atom. The van der Waals surface area contributed by atoms with E-state index in [9.17, 15) is 4.79 Å². The zero-order valence-electron chi connectivity index (χ0n) is 13.1. The molecule has 0 bridgehead atoms. The van der Waals surface area contributed by atoms with Gasteiger partial charge in [0.15, 0.2) is 23.7 Å². The number of carbonyl (C=O) groups excluding carboxylic acids is 1. The largest absolute Gasteiger partial charge is 0.494 e. The molecule has 0 aliphatic carbocycles. The zero-order chi connectivity index (χ0) is 16.4. The summed E-state index contributed by atoms with van der Waals surface area (Å²) >= 11 is 0. The fraction of sp³-hybridized carbons (Fsp3) is 0.235. The number of aromatic nitrogens is 2. The Hall–Kier alpha value is -2.89. The second-order valence-corrected chi connectivity index (χ2v) is 5.20. The highest BCUT2D eigenvalue weighted by atomic mass is 16.6. The van der Waals surface area contributed by atoms with Crippen molar-refractivity contribution < 1.29 is 18.7 Å². The van der Waals surface area contributed by atoms with Gasteiger partial charge in [-0.05, 0) is 13.8 Å². The summed E-state index contributed by atoms with van der Waals surface area (Å²) < 4.78 is 16.0. The third-order valence-electron chi connectivity index (χ3n) is 3.28. The first-order valence-electron chi connectivity index (χ1n) is 7.11. The average molecular weight is 312 g/mol. The van der Waals surface area contributed by atoms with Crippen LogP contribution in [0.4, 0.5) is 0 Å². The summed E-state index contributed by atoms with van der Waals surface area (Å²) in [6.07, 6.45) is 0.00190. The van der Waals surface area contributed by atoms with E-state index in [1.807, 2.05) is 31.2 Å². The van der Waals surface area contributed by atoms with Crippen LogP contribution in [0.2, 0.25) is 0 Å². The van der Waals surface area contributed by atoms with Crippen molar-refractivity contribution in [1.29, 1.82) is 0 Å². The number of hydrogen-bond acceptors (Lipinski definition) is 6. The molecule has 0 aliphatic heterocycles. The van der Waals surface area contributed by atoms with Crippen molar-refractivity contribution in [3.8, 4) is 23.1 Å². The minimum Gasteiger partial charge on any atom is -0.494 e. The third-order valence-corrected chi connectivity index (χ3v) is 3.28. The maximum atomic E-state index is 11.0. The van der Waals surface area contributed by atoms with Crippen LogP contribution in [0.5, 0.6) is 11.8 Å². The van der Waals surface area contributed by atoms with Crippen LogP contribution in [0.1, 0.15) is 12.5 Å². The van der Waals surface area contributed by atoms with Crippen LogP contribution in [-0.2, 0) is 4.79 Å². The van der Waals surface area contributed by atoms with Crippen LogP contribution in [0.15, 0.2) is 34.7 Å². The molecule has 6 heteroatoms. The molecule has 0 fully saturated rings. The summed E-state index contributed by atoms with van der Waals surface area (Å²) in [4.78, 5) is 19.6. The molecule has 1 aromatic carbocycles. The van der Waals surface area contributed by atoms with E-state index in [1.54, 1.807) is 13.2 Å². The van der Waals surface area contributed by atoms with Gasteiger partial charge in [0.05, 0.1) is 12.8 Å². The first-order chi connectivity index (χ1) is 11.1. The highest BCUT2D eigenvalue weighted by Gasteiger charge is 2.16. The molecule has 0 radical (unpaired) electrons. The number of carbonyl (C=O) groups is 1. The number of hydrogen-bond donors (Lipinski definition) is 0. The SMILES string of the molecule is COc1cc(-c2ccc(C)cc2)nc2oc(OCC(C)=O)nc12. The molecule has 3 rings (SSSR count). The number of rotatable bonds is 5. The van der Waals surface area contributed by atoms with Crippen LogP contribution in [0, 0.1) is 6.92 Å². The number of methoxy groups -OCH3 is 1. The van der Waals surface area contributed by atoms with Crippen LogP contribution in [0.25, 0.3) is 22.5 Å². The first-order valence-corrected chi connectivity index (χ1v) is 7.11. The molecule has 23 heavy (non-hydrogen) atoms. The summed E-state index contributed by atoms with van der Waals surface area (Å²) in [5, 5.41) is 0. The van der Waals surface area contributed by atoms with E-state index in [-0.39, 0.29) is 18.5 Å². The number of pyridine rings is 1. The number of nitrogens with zero attached hydrogens (tertiary/aromatic N) is 2. The summed E-state index contributed by atoms with van der Waals surface area (Å²) in [7, 11) is 1.55. The Kier molecular flexibility index (Phi) is 3.97. The molecule has 0 atom stereocenters. The molecule has 0 amide bonds. The fourth-order valence-corrected chi connectivity index (χ4v) is 2.12. The molecule has 0 unspecified atom stereocenters. The molecule has 0 saturated heterocycles. The fourth-order valence-electron chi connectivity index (χ4n) is 2.12. The monoisotopic (exact) mass is 312 g/mol. The molecule has 0 N–H and O–H groups in total. The second-order valence-electron chi connectivity index (χ2n) is 5.20. The molecular weight excluding hydrogens is 296 g/mol. The topological polar surface area (TPSA) is 74.5 Å². The number of fused-ring (bicyclic) bond motifs is 1. The summed E-state index contributed by atoms with van der Waals surface area (Å²) in [5.41, 5.74) is 3.59. The van der Waals surface area contributed by atoms with E-state index < -0.39 is 0 Å². The van der Waals surface area contributed by atoms with E-state index >= 15 is 0 Å². The molecular formula is C17H16N2O4. The van der Waals surface area contributed by atoms with Crippen molar-refractivity contribution >= 4 is 17.0 Å². The van der Waals surface area contributed by atoms with E-state index in [1.165, 1.54) is 12.5 Å². The van der Waals surface area contributed by atoms with E-state index in [4.69, 9.17) is 13.9 Å². The predicted molar refractivity (Wildman–Crippen MR) is 84.7 cm³/mol. The predicted octanol–water partition coefficient (Wildman–Crippen LogP) is 3.17. The van der Waals surface area contributed by atoms with Gasteiger partial charge in [-0.25, -0.2) is 4.98 Å². The lowest BCUT2D eigenvalue weighted by molar-refractivity contribution is -0.119. The molecule has 2 heterocycles. The van der Waals surface area contributed by atoms with Gasteiger partial charge in [0.2, 0.25) is 0 Å². The number of ether oxygens (including phenoxy) is 2. The minimum atomic E-state index is -0.118. The minimum absolute atomic E-state index is 0.00190. The van der Waals surface area contributed by atoms with Gasteiger partial charge >= 0.3 is 6.08 Å². The maximum Gasteiger partial charge on any atom is 0.396 e. The van der Waals surface area contributed by atoms with Crippen molar-refractivity contribution in [1.82, 2.24) is 9.97 Å². The summed E-state index contributed by atoms with van der Waals surface area (Å²) in [5.74, 6) is 0.416. The number of ketones is 1. The zero-order valence-corrected chi connectivity index (χ0v) is 13.1. The standard InChI is InChI=1S/C17H16N2O4/c1-10-4-6-12(7-5-10)13-8-14(21-3)15-16(18-13)23-17(19-15)22-9-11(2)20/h4-8H,9H2,1-3H3. The number of oxazole rings is 1. The Balaban J connectivity index is 2.04. The van der Waals surface area contributed by atoms with Gasteiger partial charge < -0.3 is 13.9 Å².